The van der Waals surface area contributed by atoms with E-state index < -0.39 is 20.2 Å². The summed E-state index contributed by atoms with van der Waals surface area (Å²) in [5.41, 5.74) is 3.98. The third-order valence-corrected chi connectivity index (χ3v) is 17.9. The van der Waals surface area contributed by atoms with Crippen LogP contribution in [-0.4, -0.2) is 74.8 Å². The van der Waals surface area contributed by atoms with Gasteiger partial charge in [0, 0.05) is 0 Å². The quantitative estimate of drug-likeness (QED) is 0.0247. The van der Waals surface area contributed by atoms with Crippen molar-refractivity contribution in [1.82, 2.24) is 0 Å². The van der Waals surface area contributed by atoms with Crippen LogP contribution >= 0.6 is 0 Å². The monoisotopic (exact) mass is 1220 g/mol. The van der Waals surface area contributed by atoms with Gasteiger partial charge in [0.2, 0.25) is 0 Å². The minimum atomic E-state index is -4.49. The maximum absolute atomic E-state index is 12.1. The molecule has 0 bridgehead atoms. The van der Waals surface area contributed by atoms with Crippen LogP contribution in [0.1, 0.15) is 307 Å². The SMILES string of the molecule is CCCCCCCCCCCCc1cc2c(CCCCCCCCCCCC)cccc2cc1S(=O)(=O)[O-].CCCCCCCCCCCCc1cc2c(CCCCCCCCCCCC)cccc2cc1S(=O)(=O)[O-].[Ba+2]. The fourth-order valence-corrected chi connectivity index (χ4v) is 12.8. The van der Waals surface area contributed by atoms with E-state index in [1.165, 1.54) is 229 Å². The van der Waals surface area contributed by atoms with Crippen LogP contribution in [0, 0.1) is 0 Å². The number of aryl methyl sites for hydroxylation is 4. The maximum Gasteiger partial charge on any atom is 2.00 e. The van der Waals surface area contributed by atoms with E-state index in [-0.39, 0.29) is 58.7 Å². The van der Waals surface area contributed by atoms with Crippen molar-refractivity contribution < 1.29 is 25.9 Å². The minimum Gasteiger partial charge on any atom is -0.744 e. The summed E-state index contributed by atoms with van der Waals surface area (Å²) in [6.45, 7) is 9.03. The van der Waals surface area contributed by atoms with Gasteiger partial charge in [0.1, 0.15) is 20.2 Å². The van der Waals surface area contributed by atoms with E-state index in [9.17, 15) is 25.9 Å². The molecule has 0 N–H and O–H groups in total. The molecule has 0 heterocycles. The second kappa shape index (κ2) is 45.3. The van der Waals surface area contributed by atoms with Crippen molar-refractivity contribution in [2.45, 2.75) is 320 Å². The van der Waals surface area contributed by atoms with E-state index in [0.29, 0.717) is 24.0 Å². The summed E-state index contributed by atoms with van der Waals surface area (Å²) in [5.74, 6) is 0. The van der Waals surface area contributed by atoms with Crippen molar-refractivity contribution in [2.24, 2.45) is 0 Å². The average Bonchev–Trinajstić information content (AvgIpc) is 3.41. The van der Waals surface area contributed by atoms with Crippen molar-refractivity contribution in [3.05, 3.63) is 82.9 Å². The molecule has 0 saturated heterocycles. The third-order valence-electron chi connectivity index (χ3n) is 16.0. The van der Waals surface area contributed by atoms with Gasteiger partial charge in [0.05, 0.1) is 9.79 Å². The van der Waals surface area contributed by atoms with E-state index in [0.717, 1.165) is 72.9 Å². The van der Waals surface area contributed by atoms with Gasteiger partial charge in [-0.2, -0.15) is 0 Å². The Morgan fingerprint density at radius 3 is 0.714 bits per heavy atom. The zero-order chi connectivity index (χ0) is 55.0. The smallest absolute Gasteiger partial charge is 0.744 e. The summed E-state index contributed by atoms with van der Waals surface area (Å²) >= 11 is 0. The zero-order valence-corrected chi connectivity index (χ0v) is 55.9. The Morgan fingerprint density at radius 1 is 0.286 bits per heavy atom. The second-order valence-corrected chi connectivity index (χ2v) is 25.5. The summed E-state index contributed by atoms with van der Waals surface area (Å²) in [6, 6.07) is 19.5. The molecule has 0 spiro atoms. The third kappa shape index (κ3) is 32.3. The van der Waals surface area contributed by atoms with E-state index in [1.54, 1.807) is 12.1 Å². The molecule has 4 aromatic carbocycles. The molecule has 0 unspecified atom stereocenters. The fourth-order valence-electron chi connectivity index (χ4n) is 11.3. The van der Waals surface area contributed by atoms with Gasteiger partial charge in [-0.3, -0.25) is 0 Å². The molecular weight excluding hydrogens is 1110 g/mol. The van der Waals surface area contributed by atoms with E-state index in [2.05, 4.69) is 39.8 Å². The number of hydrogen-bond donors (Lipinski definition) is 0. The summed E-state index contributed by atoms with van der Waals surface area (Å²) in [6.07, 6.45) is 54.5. The number of rotatable bonds is 46. The molecule has 0 atom stereocenters. The van der Waals surface area contributed by atoms with Gasteiger partial charge in [0.25, 0.3) is 0 Å². The van der Waals surface area contributed by atoms with Crippen molar-refractivity contribution in [1.29, 1.82) is 0 Å². The first-order valence-corrected chi connectivity index (χ1v) is 34.8. The Bertz CT molecular complexity index is 2160. The van der Waals surface area contributed by atoms with Crippen molar-refractivity contribution in [2.75, 3.05) is 0 Å². The molecule has 6 nitrogen and oxygen atoms in total. The first-order valence-electron chi connectivity index (χ1n) is 31.9. The van der Waals surface area contributed by atoms with Crippen LogP contribution in [0.2, 0.25) is 0 Å². The van der Waals surface area contributed by atoms with Gasteiger partial charge in [-0.1, -0.05) is 295 Å². The van der Waals surface area contributed by atoms with Crippen molar-refractivity contribution in [3.63, 3.8) is 0 Å². The summed E-state index contributed by atoms with van der Waals surface area (Å²) < 4.78 is 72.5. The number of hydrogen-bond acceptors (Lipinski definition) is 6. The molecule has 77 heavy (non-hydrogen) atoms. The number of benzene rings is 4. The van der Waals surface area contributed by atoms with Crippen LogP contribution in [0.5, 0.6) is 0 Å². The Kier molecular flexibility index (Phi) is 42.3. The Labute approximate surface area is 514 Å². The van der Waals surface area contributed by atoms with Gasteiger partial charge >= 0.3 is 48.9 Å². The Morgan fingerprint density at radius 2 is 0.494 bits per heavy atom. The van der Waals surface area contributed by atoms with E-state index in [4.69, 9.17) is 0 Å². The molecule has 0 fully saturated rings. The van der Waals surface area contributed by atoms with Crippen LogP contribution in [-0.2, 0) is 45.9 Å². The molecule has 0 amide bonds. The predicted molar refractivity (Wildman–Crippen MR) is 332 cm³/mol. The molecule has 432 valence electrons. The van der Waals surface area contributed by atoms with Crippen LogP contribution in [0.25, 0.3) is 21.5 Å². The van der Waals surface area contributed by atoms with Gasteiger partial charge in [0.15, 0.2) is 0 Å². The summed E-state index contributed by atoms with van der Waals surface area (Å²) in [7, 11) is -8.98. The van der Waals surface area contributed by atoms with Gasteiger partial charge in [-0.25, -0.2) is 16.8 Å². The molecule has 0 aliphatic carbocycles. The van der Waals surface area contributed by atoms with Gasteiger partial charge in [-0.05, 0) is 119 Å². The maximum atomic E-state index is 12.1. The topological polar surface area (TPSA) is 114 Å². The van der Waals surface area contributed by atoms with Crippen LogP contribution in [0.15, 0.2) is 70.5 Å². The molecule has 0 aromatic heterocycles. The molecular formula is C68H110BaO6S2. The molecule has 0 aliphatic rings. The Hall–Kier alpha value is -1.21. The minimum absolute atomic E-state index is 0. The van der Waals surface area contributed by atoms with Crippen LogP contribution in [0.4, 0.5) is 0 Å². The molecule has 4 rings (SSSR count). The normalized spacial score (nSPS) is 11.8. The molecule has 0 saturated carbocycles. The van der Waals surface area contributed by atoms with E-state index >= 15 is 0 Å². The summed E-state index contributed by atoms with van der Waals surface area (Å²) in [4.78, 5) is -0.0333. The first-order chi connectivity index (χ1) is 36.9. The second-order valence-electron chi connectivity index (χ2n) is 22.8. The Balaban J connectivity index is 0.000000520. The predicted octanol–water partition coefficient (Wildman–Crippen LogP) is 21.0. The standard InChI is InChI=1S/2C34H56O3S.Ba/c2*1-3-5-7-9-11-13-15-17-19-21-24-30-26-23-27-31-29-34(38(35,36)37)32(28-33(30)31)25-22-20-18-16-14-12-10-8-6-4-2;/h2*23,26-29H,3-22,24-25H2,1-2H3,(H,35,36,37);/q;;+2/p-2. The summed E-state index contributed by atoms with van der Waals surface area (Å²) in [5, 5.41) is 3.99. The van der Waals surface area contributed by atoms with Gasteiger partial charge < -0.3 is 9.11 Å². The van der Waals surface area contributed by atoms with Crippen molar-refractivity contribution >= 4 is 90.7 Å². The zero-order valence-electron chi connectivity index (χ0n) is 49.9. The molecule has 0 radical (unpaired) electrons. The fraction of sp³-hybridized carbons (Fsp3) is 0.706. The average molecular weight is 1230 g/mol. The largest absolute Gasteiger partial charge is 2.00 e. The van der Waals surface area contributed by atoms with Crippen LogP contribution < -0.4 is 0 Å². The number of fused-ring (bicyclic) bond motifs is 2. The number of unbranched alkanes of at least 4 members (excludes halogenated alkanes) is 36. The van der Waals surface area contributed by atoms with Crippen LogP contribution in [0.3, 0.4) is 0 Å². The molecule has 9 heteroatoms. The van der Waals surface area contributed by atoms with E-state index in [1.807, 2.05) is 36.4 Å². The first kappa shape index (κ1) is 71.9. The van der Waals surface area contributed by atoms with Crippen molar-refractivity contribution in [3.8, 4) is 0 Å². The van der Waals surface area contributed by atoms with Gasteiger partial charge in [-0.15, -0.1) is 0 Å². The molecule has 0 aliphatic heterocycles. The molecule has 4 aromatic rings.